The highest BCUT2D eigenvalue weighted by atomic mass is 32.2. The third kappa shape index (κ3) is 2.82. The van der Waals surface area contributed by atoms with Crippen LogP contribution < -0.4 is 5.73 Å². The molecule has 3 N–H and O–H groups in total. The lowest BCUT2D eigenvalue weighted by atomic mass is 10.2. The van der Waals surface area contributed by atoms with E-state index in [1.807, 2.05) is 0 Å². The number of nitrogen functional groups attached to an aromatic ring is 1. The summed E-state index contributed by atoms with van der Waals surface area (Å²) < 4.78 is 25.9. The number of anilines is 1. The van der Waals surface area contributed by atoms with Crippen LogP contribution in [0.25, 0.3) is 0 Å². The summed E-state index contributed by atoms with van der Waals surface area (Å²) in [5.74, 6) is -0.0379. The van der Waals surface area contributed by atoms with Crippen molar-refractivity contribution >= 4 is 15.7 Å². The second kappa shape index (κ2) is 5.26. The molecule has 1 aromatic rings. The summed E-state index contributed by atoms with van der Waals surface area (Å²) in [6.07, 6.45) is 1.55. The van der Waals surface area contributed by atoms with E-state index >= 15 is 0 Å². The quantitative estimate of drug-likeness (QED) is 0.783. The molecule has 5 nitrogen and oxygen atoms in total. The largest absolute Gasteiger partial charge is 0.399 e. The molecule has 1 saturated heterocycles. The Morgan fingerprint density at radius 2 is 2.00 bits per heavy atom. The first-order valence-electron chi connectivity index (χ1n) is 5.98. The lowest BCUT2D eigenvalue weighted by Gasteiger charge is -2.22. The van der Waals surface area contributed by atoms with Crippen molar-refractivity contribution in [3.05, 3.63) is 29.8 Å². The van der Waals surface area contributed by atoms with E-state index in [2.05, 4.69) is 0 Å². The Bertz CT molecular complexity index is 499. The van der Waals surface area contributed by atoms with Crippen LogP contribution in [-0.4, -0.2) is 37.0 Å². The predicted molar refractivity (Wildman–Crippen MR) is 70.3 cm³/mol. The van der Waals surface area contributed by atoms with Crippen molar-refractivity contribution in [3.63, 3.8) is 0 Å². The molecule has 0 bridgehead atoms. The molecule has 1 fully saturated rings. The molecule has 1 heterocycles. The zero-order valence-corrected chi connectivity index (χ0v) is 10.9. The molecule has 0 radical (unpaired) electrons. The first kappa shape index (κ1) is 13.3. The fraction of sp³-hybridized carbons (Fsp3) is 0.500. The van der Waals surface area contributed by atoms with Gasteiger partial charge in [0.2, 0.25) is 10.0 Å². The van der Waals surface area contributed by atoms with E-state index in [1.165, 1.54) is 4.31 Å². The van der Waals surface area contributed by atoms with Crippen LogP contribution in [0.2, 0.25) is 0 Å². The lowest BCUT2D eigenvalue weighted by molar-refractivity contribution is 0.213. The third-order valence-corrected chi connectivity index (χ3v) is 5.11. The standard InChI is InChI=1S/C12H18N2O3S/c13-11-5-3-10(4-6-11)9-18(16,17)14-7-1-2-12(14)8-15/h3-6,12,15H,1-2,7-9,13H2/t12-/m0/s1. The number of nitrogens with zero attached hydrogens (tertiary/aromatic N) is 1. The van der Waals surface area contributed by atoms with Gasteiger partial charge in [-0.2, -0.15) is 4.31 Å². The summed E-state index contributed by atoms with van der Waals surface area (Å²) in [5.41, 5.74) is 6.90. The van der Waals surface area contributed by atoms with Crippen LogP contribution in [0.15, 0.2) is 24.3 Å². The van der Waals surface area contributed by atoms with Crippen LogP contribution in [-0.2, 0) is 15.8 Å². The van der Waals surface area contributed by atoms with Gasteiger partial charge in [-0.3, -0.25) is 0 Å². The minimum atomic E-state index is -3.35. The van der Waals surface area contributed by atoms with Gasteiger partial charge < -0.3 is 10.8 Å². The molecule has 1 aliphatic rings. The van der Waals surface area contributed by atoms with E-state index in [4.69, 9.17) is 5.73 Å². The monoisotopic (exact) mass is 270 g/mol. The number of hydrogen-bond donors (Lipinski definition) is 2. The summed E-state index contributed by atoms with van der Waals surface area (Å²) in [5, 5.41) is 9.18. The van der Waals surface area contributed by atoms with Crippen molar-refractivity contribution in [1.29, 1.82) is 0 Å². The van der Waals surface area contributed by atoms with Crippen molar-refractivity contribution in [2.45, 2.75) is 24.6 Å². The van der Waals surface area contributed by atoms with Crippen molar-refractivity contribution in [2.24, 2.45) is 0 Å². The van der Waals surface area contributed by atoms with E-state index in [1.54, 1.807) is 24.3 Å². The second-order valence-corrected chi connectivity index (χ2v) is 6.51. The number of benzene rings is 1. The van der Waals surface area contributed by atoms with Crippen LogP contribution >= 0.6 is 0 Å². The van der Waals surface area contributed by atoms with E-state index in [0.29, 0.717) is 17.8 Å². The first-order chi connectivity index (χ1) is 8.53. The van der Waals surface area contributed by atoms with E-state index < -0.39 is 10.0 Å². The maximum absolute atomic E-state index is 12.2. The highest BCUT2D eigenvalue weighted by molar-refractivity contribution is 7.88. The second-order valence-electron chi connectivity index (χ2n) is 4.59. The molecule has 1 aromatic carbocycles. The Hall–Kier alpha value is -1.11. The van der Waals surface area contributed by atoms with Crippen LogP contribution in [0, 0.1) is 0 Å². The fourth-order valence-corrected chi connectivity index (χ4v) is 4.08. The maximum Gasteiger partial charge on any atom is 0.218 e. The van der Waals surface area contributed by atoms with Crippen LogP contribution in [0.1, 0.15) is 18.4 Å². The van der Waals surface area contributed by atoms with Gasteiger partial charge in [0.15, 0.2) is 0 Å². The molecule has 6 heteroatoms. The van der Waals surface area contributed by atoms with Crippen LogP contribution in [0.4, 0.5) is 5.69 Å². The van der Waals surface area contributed by atoms with Crippen molar-refractivity contribution in [3.8, 4) is 0 Å². The van der Waals surface area contributed by atoms with Gasteiger partial charge >= 0.3 is 0 Å². The zero-order chi connectivity index (χ0) is 13.2. The molecule has 100 valence electrons. The number of sulfonamides is 1. The van der Waals surface area contributed by atoms with Crippen molar-refractivity contribution < 1.29 is 13.5 Å². The molecule has 0 unspecified atom stereocenters. The summed E-state index contributed by atoms with van der Waals surface area (Å²) in [6, 6.07) is 6.56. The highest BCUT2D eigenvalue weighted by Crippen LogP contribution is 2.23. The Labute approximate surface area is 107 Å². The fourth-order valence-electron chi connectivity index (χ4n) is 2.27. The van der Waals surface area contributed by atoms with E-state index in [9.17, 15) is 13.5 Å². The molecule has 0 spiro atoms. The molecule has 18 heavy (non-hydrogen) atoms. The van der Waals surface area contributed by atoms with Gasteiger partial charge in [-0.25, -0.2) is 8.42 Å². The number of aliphatic hydroxyl groups excluding tert-OH is 1. The van der Waals surface area contributed by atoms with Crippen LogP contribution in [0.5, 0.6) is 0 Å². The summed E-state index contributed by atoms with van der Waals surface area (Å²) in [7, 11) is -3.35. The van der Waals surface area contributed by atoms with E-state index in [0.717, 1.165) is 12.8 Å². The minimum Gasteiger partial charge on any atom is -0.399 e. The topological polar surface area (TPSA) is 83.6 Å². The zero-order valence-electron chi connectivity index (χ0n) is 10.1. The maximum atomic E-state index is 12.2. The molecule has 0 aliphatic carbocycles. The molecule has 1 atom stereocenters. The Kier molecular flexibility index (Phi) is 3.89. The Balaban J connectivity index is 2.14. The summed E-state index contributed by atoms with van der Waals surface area (Å²) in [6.45, 7) is 0.392. The van der Waals surface area contributed by atoms with Gasteiger partial charge in [0.05, 0.1) is 12.4 Å². The third-order valence-electron chi connectivity index (χ3n) is 3.22. The molecular formula is C12H18N2O3S. The van der Waals surface area contributed by atoms with Crippen LogP contribution in [0.3, 0.4) is 0 Å². The molecular weight excluding hydrogens is 252 g/mol. The molecule has 0 amide bonds. The van der Waals surface area contributed by atoms with Crippen molar-refractivity contribution in [1.82, 2.24) is 4.31 Å². The van der Waals surface area contributed by atoms with E-state index in [-0.39, 0.29) is 18.4 Å². The summed E-state index contributed by atoms with van der Waals surface area (Å²) >= 11 is 0. The van der Waals surface area contributed by atoms with Gasteiger partial charge in [-0.1, -0.05) is 12.1 Å². The van der Waals surface area contributed by atoms with Gasteiger partial charge in [-0.05, 0) is 30.5 Å². The number of rotatable bonds is 4. The van der Waals surface area contributed by atoms with Gasteiger partial charge in [0.1, 0.15) is 0 Å². The average molecular weight is 270 g/mol. The lowest BCUT2D eigenvalue weighted by Crippen LogP contribution is -2.38. The van der Waals surface area contributed by atoms with Gasteiger partial charge in [0, 0.05) is 18.3 Å². The average Bonchev–Trinajstić information content (AvgIpc) is 2.81. The van der Waals surface area contributed by atoms with Crippen molar-refractivity contribution in [2.75, 3.05) is 18.9 Å². The predicted octanol–water partition coefficient (Wildman–Crippen LogP) is 0.555. The Morgan fingerprint density at radius 3 is 2.61 bits per heavy atom. The minimum absolute atomic E-state index is 0.0379. The summed E-state index contributed by atoms with van der Waals surface area (Å²) in [4.78, 5) is 0. The first-order valence-corrected chi connectivity index (χ1v) is 7.58. The SMILES string of the molecule is Nc1ccc(CS(=O)(=O)N2CCC[C@H]2CO)cc1. The number of hydrogen-bond acceptors (Lipinski definition) is 4. The molecule has 0 saturated carbocycles. The molecule has 1 aliphatic heterocycles. The molecule has 0 aromatic heterocycles. The highest BCUT2D eigenvalue weighted by Gasteiger charge is 2.33. The molecule has 2 rings (SSSR count). The normalized spacial score (nSPS) is 21.3. The van der Waals surface area contributed by atoms with Gasteiger partial charge in [0.25, 0.3) is 0 Å². The number of nitrogens with two attached hydrogens (primary N) is 1. The smallest absolute Gasteiger partial charge is 0.218 e. The Morgan fingerprint density at radius 1 is 1.33 bits per heavy atom. The van der Waals surface area contributed by atoms with Gasteiger partial charge in [-0.15, -0.1) is 0 Å². The number of aliphatic hydroxyl groups is 1.